The van der Waals surface area contributed by atoms with E-state index in [1.54, 1.807) is 0 Å². The summed E-state index contributed by atoms with van der Waals surface area (Å²) in [5.74, 6) is -1.28. The average Bonchev–Trinajstić information content (AvgIpc) is 2.16. The highest BCUT2D eigenvalue weighted by Gasteiger charge is 2.44. The Morgan fingerprint density at radius 1 is 1.50 bits per heavy atom. The molecule has 0 aromatic carbocycles. The Balaban J connectivity index is 2.80. The molecular weight excluding hydrogens is 217 g/mol. The second-order valence-corrected chi connectivity index (χ2v) is 4.19. The minimum absolute atomic E-state index is 0.0528. The summed E-state index contributed by atoms with van der Waals surface area (Å²) in [6, 6.07) is -1.26. The lowest BCUT2D eigenvalue weighted by Crippen LogP contribution is -2.54. The SMILES string of the molecule is CCCC1(F)CCN(C(=O)O)C(C(=O)O)C1. The van der Waals surface area contributed by atoms with Crippen LogP contribution in [-0.4, -0.2) is 45.4 Å². The number of hydrogen-bond acceptors (Lipinski definition) is 2. The Labute approximate surface area is 92.9 Å². The standard InChI is InChI=1S/C10H16FNO4/c1-2-3-10(11)4-5-12(9(15)16)7(6-10)8(13)14/h7H,2-6H2,1H3,(H,13,14)(H,15,16). The number of carboxylic acids is 1. The van der Waals surface area contributed by atoms with Gasteiger partial charge < -0.3 is 10.2 Å². The predicted octanol–water partition coefficient (Wildman–Crippen LogP) is 1.72. The van der Waals surface area contributed by atoms with Gasteiger partial charge in [-0.05, 0) is 12.8 Å². The van der Waals surface area contributed by atoms with Crippen LogP contribution in [0.1, 0.15) is 32.6 Å². The third-order valence-corrected chi connectivity index (χ3v) is 2.96. The van der Waals surface area contributed by atoms with Crippen molar-refractivity contribution in [3.8, 4) is 0 Å². The molecule has 2 N–H and O–H groups in total. The second kappa shape index (κ2) is 4.67. The number of halogens is 1. The molecule has 2 unspecified atom stereocenters. The number of alkyl halides is 1. The van der Waals surface area contributed by atoms with Crippen molar-refractivity contribution < 1.29 is 24.2 Å². The quantitative estimate of drug-likeness (QED) is 0.778. The smallest absolute Gasteiger partial charge is 0.408 e. The van der Waals surface area contributed by atoms with Gasteiger partial charge in [0.1, 0.15) is 11.7 Å². The Morgan fingerprint density at radius 2 is 2.12 bits per heavy atom. The van der Waals surface area contributed by atoms with Gasteiger partial charge in [0, 0.05) is 13.0 Å². The largest absolute Gasteiger partial charge is 0.480 e. The van der Waals surface area contributed by atoms with E-state index in [1.165, 1.54) is 0 Å². The van der Waals surface area contributed by atoms with E-state index in [9.17, 15) is 14.0 Å². The highest BCUT2D eigenvalue weighted by Crippen LogP contribution is 2.34. The van der Waals surface area contributed by atoms with Crippen LogP contribution in [0.15, 0.2) is 0 Å². The molecule has 16 heavy (non-hydrogen) atoms. The van der Waals surface area contributed by atoms with E-state index in [0.717, 1.165) is 4.90 Å². The highest BCUT2D eigenvalue weighted by atomic mass is 19.1. The van der Waals surface area contributed by atoms with E-state index < -0.39 is 23.8 Å². The molecule has 1 saturated heterocycles. The average molecular weight is 233 g/mol. The molecule has 0 aromatic heterocycles. The van der Waals surface area contributed by atoms with Crippen molar-refractivity contribution in [1.29, 1.82) is 0 Å². The van der Waals surface area contributed by atoms with E-state index in [-0.39, 0.29) is 25.8 Å². The third-order valence-electron chi connectivity index (χ3n) is 2.96. The van der Waals surface area contributed by atoms with E-state index in [0.29, 0.717) is 6.42 Å². The summed E-state index contributed by atoms with van der Waals surface area (Å²) >= 11 is 0. The van der Waals surface area contributed by atoms with Gasteiger partial charge in [-0.25, -0.2) is 14.0 Å². The molecule has 1 rings (SSSR count). The van der Waals surface area contributed by atoms with Gasteiger partial charge in [0.15, 0.2) is 0 Å². The van der Waals surface area contributed by atoms with Gasteiger partial charge >= 0.3 is 12.1 Å². The van der Waals surface area contributed by atoms with Crippen molar-refractivity contribution >= 4 is 12.1 Å². The zero-order chi connectivity index (χ0) is 12.3. The fourth-order valence-corrected chi connectivity index (χ4v) is 2.16. The summed E-state index contributed by atoms with van der Waals surface area (Å²) in [4.78, 5) is 22.5. The Bertz CT molecular complexity index is 297. The van der Waals surface area contributed by atoms with Crippen LogP contribution >= 0.6 is 0 Å². The maximum Gasteiger partial charge on any atom is 0.408 e. The van der Waals surface area contributed by atoms with Crippen LogP contribution in [0, 0.1) is 0 Å². The number of likely N-dealkylation sites (tertiary alicyclic amines) is 1. The molecular formula is C10H16FNO4. The van der Waals surface area contributed by atoms with Crippen molar-refractivity contribution in [2.24, 2.45) is 0 Å². The maximum absolute atomic E-state index is 14.1. The van der Waals surface area contributed by atoms with Crippen molar-refractivity contribution in [3.63, 3.8) is 0 Å². The first-order chi connectivity index (χ1) is 7.39. The molecule has 1 fully saturated rings. The molecule has 1 aliphatic rings. The Hall–Kier alpha value is -1.33. The maximum atomic E-state index is 14.1. The molecule has 5 nitrogen and oxygen atoms in total. The van der Waals surface area contributed by atoms with Gasteiger partial charge in [-0.2, -0.15) is 0 Å². The van der Waals surface area contributed by atoms with Crippen LogP contribution in [0.5, 0.6) is 0 Å². The first-order valence-electron chi connectivity index (χ1n) is 5.31. The number of aliphatic carboxylic acids is 1. The minimum Gasteiger partial charge on any atom is -0.480 e. The van der Waals surface area contributed by atoms with E-state index >= 15 is 0 Å². The normalized spacial score (nSPS) is 30.1. The third kappa shape index (κ3) is 2.62. The topological polar surface area (TPSA) is 77.8 Å². The van der Waals surface area contributed by atoms with Crippen LogP contribution < -0.4 is 0 Å². The lowest BCUT2D eigenvalue weighted by Gasteiger charge is -2.39. The monoisotopic (exact) mass is 233 g/mol. The predicted molar refractivity (Wildman–Crippen MR) is 54.1 cm³/mol. The van der Waals surface area contributed by atoms with Crippen LogP contribution in [0.3, 0.4) is 0 Å². The first-order valence-corrected chi connectivity index (χ1v) is 5.31. The van der Waals surface area contributed by atoms with Gasteiger partial charge in [0.2, 0.25) is 0 Å². The molecule has 1 amide bonds. The highest BCUT2D eigenvalue weighted by molar-refractivity contribution is 5.79. The molecule has 92 valence electrons. The van der Waals surface area contributed by atoms with Gasteiger partial charge in [-0.1, -0.05) is 13.3 Å². The minimum atomic E-state index is -1.54. The fraction of sp³-hybridized carbons (Fsp3) is 0.800. The molecule has 0 saturated carbocycles. The zero-order valence-corrected chi connectivity index (χ0v) is 9.15. The molecule has 6 heteroatoms. The summed E-state index contributed by atoms with van der Waals surface area (Å²) in [5, 5.41) is 17.7. The number of carboxylic acid groups (broad SMARTS) is 2. The van der Waals surface area contributed by atoms with E-state index in [1.807, 2.05) is 6.92 Å². The molecule has 0 aliphatic carbocycles. The Morgan fingerprint density at radius 3 is 2.56 bits per heavy atom. The lowest BCUT2D eigenvalue weighted by atomic mass is 9.85. The van der Waals surface area contributed by atoms with Gasteiger partial charge in [0.05, 0.1) is 0 Å². The van der Waals surface area contributed by atoms with Crippen LogP contribution in [0.4, 0.5) is 9.18 Å². The summed E-state index contributed by atoms with van der Waals surface area (Å²) in [7, 11) is 0. The number of rotatable bonds is 3. The number of piperidine rings is 1. The van der Waals surface area contributed by atoms with Gasteiger partial charge in [-0.15, -0.1) is 0 Å². The molecule has 0 radical (unpaired) electrons. The van der Waals surface area contributed by atoms with Crippen LogP contribution in [0.2, 0.25) is 0 Å². The van der Waals surface area contributed by atoms with Crippen molar-refractivity contribution in [2.45, 2.75) is 44.3 Å². The molecule has 1 heterocycles. The number of amides is 1. The summed E-state index contributed by atoms with van der Waals surface area (Å²) in [6.07, 6.45) is -0.564. The van der Waals surface area contributed by atoms with E-state index in [4.69, 9.17) is 10.2 Å². The van der Waals surface area contributed by atoms with Crippen molar-refractivity contribution in [1.82, 2.24) is 4.90 Å². The molecule has 0 bridgehead atoms. The zero-order valence-electron chi connectivity index (χ0n) is 9.15. The summed E-state index contributed by atoms with van der Waals surface area (Å²) in [5.41, 5.74) is -1.54. The van der Waals surface area contributed by atoms with Crippen LogP contribution in [0.25, 0.3) is 0 Å². The second-order valence-electron chi connectivity index (χ2n) is 4.19. The number of nitrogens with zero attached hydrogens (tertiary/aromatic N) is 1. The molecule has 2 atom stereocenters. The molecule has 0 aromatic rings. The van der Waals surface area contributed by atoms with Gasteiger partial charge in [-0.3, -0.25) is 4.90 Å². The summed E-state index contributed by atoms with van der Waals surface area (Å²) < 4.78 is 14.1. The molecule has 0 spiro atoms. The van der Waals surface area contributed by atoms with Crippen molar-refractivity contribution in [2.75, 3.05) is 6.54 Å². The van der Waals surface area contributed by atoms with Gasteiger partial charge in [0.25, 0.3) is 0 Å². The number of carbonyl (C=O) groups is 2. The number of hydrogen-bond donors (Lipinski definition) is 2. The Kier molecular flexibility index (Phi) is 3.72. The fourth-order valence-electron chi connectivity index (χ4n) is 2.16. The van der Waals surface area contributed by atoms with E-state index in [2.05, 4.69) is 0 Å². The summed E-state index contributed by atoms with van der Waals surface area (Å²) in [6.45, 7) is 1.77. The lowest BCUT2D eigenvalue weighted by molar-refractivity contribution is -0.146. The van der Waals surface area contributed by atoms with Crippen LogP contribution in [-0.2, 0) is 4.79 Å². The molecule has 1 aliphatic heterocycles. The first kappa shape index (κ1) is 12.7. The van der Waals surface area contributed by atoms with Crippen molar-refractivity contribution in [3.05, 3.63) is 0 Å².